The summed E-state index contributed by atoms with van der Waals surface area (Å²) in [6.07, 6.45) is 1.61. The highest BCUT2D eigenvalue weighted by Crippen LogP contribution is 2.51. The molecule has 1 heterocycles. The van der Waals surface area contributed by atoms with Crippen molar-refractivity contribution in [3.05, 3.63) is 65.2 Å². The molecule has 170 valence electrons. The van der Waals surface area contributed by atoms with Crippen molar-refractivity contribution < 1.29 is 23.7 Å². The van der Waals surface area contributed by atoms with Gasteiger partial charge in [0.05, 0.1) is 19.6 Å². The number of fused-ring (bicyclic) bond motifs is 1. The van der Waals surface area contributed by atoms with Gasteiger partial charge in [-0.3, -0.25) is 4.79 Å². The zero-order valence-corrected chi connectivity index (χ0v) is 19.3. The Bertz CT molecular complexity index is 1250. The molecule has 33 heavy (non-hydrogen) atoms. The van der Waals surface area contributed by atoms with E-state index in [1.165, 1.54) is 0 Å². The Morgan fingerprint density at radius 1 is 0.848 bits per heavy atom. The molecule has 0 aromatic heterocycles. The van der Waals surface area contributed by atoms with E-state index in [9.17, 15) is 4.79 Å². The number of rotatable bonds is 6. The number of methoxy groups -OCH3 is 2. The van der Waals surface area contributed by atoms with E-state index in [0.29, 0.717) is 5.75 Å². The number of nitrogens with one attached hydrogen (secondary N) is 1. The Labute approximate surface area is 193 Å². The first kappa shape index (κ1) is 21.2. The Hall–Kier alpha value is -3.67. The highest BCUT2D eigenvalue weighted by molar-refractivity contribution is 6.02. The molecule has 2 aliphatic rings. The summed E-state index contributed by atoms with van der Waals surface area (Å²) in [5.41, 5.74) is 5.15. The zero-order valence-electron chi connectivity index (χ0n) is 19.3. The first-order valence-electron chi connectivity index (χ1n) is 11.0. The van der Waals surface area contributed by atoms with Crippen LogP contribution in [0.25, 0.3) is 11.1 Å². The molecule has 1 aliphatic heterocycles. The average molecular weight is 446 g/mol. The summed E-state index contributed by atoms with van der Waals surface area (Å²) in [7, 11) is 3.32. The SMILES string of the molecule is COc1cc(-c2cc(NC(=O)C3(c4ccc5c(c4)OCO5)CC3)ccc2C)c(OC)cc1C. The predicted octanol–water partition coefficient (Wildman–Crippen LogP) is 5.39. The van der Waals surface area contributed by atoms with Crippen LogP contribution >= 0.6 is 0 Å². The molecule has 5 rings (SSSR count). The van der Waals surface area contributed by atoms with Gasteiger partial charge in [-0.15, -0.1) is 0 Å². The van der Waals surface area contributed by atoms with Crippen LogP contribution in [0.4, 0.5) is 5.69 Å². The van der Waals surface area contributed by atoms with Crippen molar-refractivity contribution in [1.29, 1.82) is 0 Å². The van der Waals surface area contributed by atoms with Crippen molar-refractivity contribution in [3.8, 4) is 34.1 Å². The minimum absolute atomic E-state index is 0.00961. The lowest BCUT2D eigenvalue weighted by Crippen LogP contribution is -2.27. The van der Waals surface area contributed by atoms with Crippen molar-refractivity contribution in [3.63, 3.8) is 0 Å². The maximum atomic E-state index is 13.4. The fraction of sp³-hybridized carbons (Fsp3) is 0.296. The fourth-order valence-electron chi connectivity index (χ4n) is 4.47. The number of amides is 1. The fourth-order valence-corrected chi connectivity index (χ4v) is 4.47. The van der Waals surface area contributed by atoms with Crippen LogP contribution in [0, 0.1) is 13.8 Å². The minimum atomic E-state index is -0.531. The van der Waals surface area contributed by atoms with Gasteiger partial charge in [0.1, 0.15) is 11.5 Å². The monoisotopic (exact) mass is 445 g/mol. The van der Waals surface area contributed by atoms with E-state index < -0.39 is 5.41 Å². The number of carbonyl (C=O) groups excluding carboxylic acids is 1. The van der Waals surface area contributed by atoms with Crippen molar-refractivity contribution in [1.82, 2.24) is 0 Å². The van der Waals surface area contributed by atoms with Gasteiger partial charge in [0.2, 0.25) is 12.7 Å². The lowest BCUT2D eigenvalue weighted by molar-refractivity contribution is -0.118. The number of benzene rings is 3. The van der Waals surface area contributed by atoms with Crippen molar-refractivity contribution in [2.24, 2.45) is 0 Å². The predicted molar refractivity (Wildman–Crippen MR) is 127 cm³/mol. The molecule has 0 unspecified atom stereocenters. The van der Waals surface area contributed by atoms with Crippen molar-refractivity contribution in [2.45, 2.75) is 32.1 Å². The Kier molecular flexibility index (Phi) is 5.16. The lowest BCUT2D eigenvalue weighted by atomic mass is 9.94. The van der Waals surface area contributed by atoms with Gasteiger partial charge in [0.25, 0.3) is 0 Å². The van der Waals surface area contributed by atoms with E-state index in [4.69, 9.17) is 18.9 Å². The summed E-state index contributed by atoms with van der Waals surface area (Å²) in [4.78, 5) is 13.4. The molecule has 0 bridgehead atoms. The molecule has 0 atom stereocenters. The average Bonchev–Trinajstić information content (AvgIpc) is 3.51. The van der Waals surface area contributed by atoms with E-state index in [2.05, 4.69) is 5.32 Å². The molecular weight excluding hydrogens is 418 g/mol. The highest BCUT2D eigenvalue weighted by atomic mass is 16.7. The highest BCUT2D eigenvalue weighted by Gasteiger charge is 2.51. The number of hydrogen-bond acceptors (Lipinski definition) is 5. The molecule has 6 heteroatoms. The van der Waals surface area contributed by atoms with Gasteiger partial charge in [-0.1, -0.05) is 12.1 Å². The van der Waals surface area contributed by atoms with Gasteiger partial charge >= 0.3 is 0 Å². The Morgan fingerprint density at radius 2 is 1.61 bits per heavy atom. The van der Waals surface area contributed by atoms with Gasteiger partial charge in [-0.25, -0.2) is 0 Å². The standard InChI is InChI=1S/C27H27NO5/c1-16-5-7-19(13-20(16)21-14-23(30-3)17(2)11-24(21)31-4)28-26(29)27(9-10-27)18-6-8-22-25(12-18)33-15-32-22/h5-8,11-14H,9-10,15H2,1-4H3,(H,28,29). The molecule has 1 aliphatic carbocycles. The molecule has 1 N–H and O–H groups in total. The van der Waals surface area contributed by atoms with Gasteiger partial charge in [-0.05, 0) is 85.3 Å². The summed E-state index contributed by atoms with van der Waals surface area (Å²) in [6.45, 7) is 4.25. The second kappa shape index (κ2) is 8.03. The van der Waals surface area contributed by atoms with E-state index in [1.807, 2.05) is 62.4 Å². The smallest absolute Gasteiger partial charge is 0.235 e. The van der Waals surface area contributed by atoms with E-state index in [0.717, 1.165) is 63.6 Å². The third kappa shape index (κ3) is 3.65. The molecule has 0 spiro atoms. The lowest BCUT2D eigenvalue weighted by Gasteiger charge is -2.18. The van der Waals surface area contributed by atoms with Crippen LogP contribution in [0.2, 0.25) is 0 Å². The quantitative estimate of drug-likeness (QED) is 0.551. The number of anilines is 1. The van der Waals surface area contributed by atoms with E-state index in [1.54, 1.807) is 14.2 Å². The van der Waals surface area contributed by atoms with Gasteiger partial charge in [0, 0.05) is 11.3 Å². The second-order valence-electron chi connectivity index (χ2n) is 8.66. The first-order valence-corrected chi connectivity index (χ1v) is 11.0. The Morgan fingerprint density at radius 3 is 2.33 bits per heavy atom. The third-order valence-corrected chi connectivity index (χ3v) is 6.61. The molecule has 3 aromatic carbocycles. The summed E-state index contributed by atoms with van der Waals surface area (Å²) < 4.78 is 22.1. The van der Waals surface area contributed by atoms with E-state index in [-0.39, 0.29) is 12.7 Å². The number of hydrogen-bond donors (Lipinski definition) is 1. The van der Waals surface area contributed by atoms with Crippen LogP contribution in [0.15, 0.2) is 48.5 Å². The minimum Gasteiger partial charge on any atom is -0.496 e. The molecule has 0 radical (unpaired) electrons. The summed E-state index contributed by atoms with van der Waals surface area (Å²) in [6, 6.07) is 15.7. The number of carbonyl (C=O) groups is 1. The van der Waals surface area contributed by atoms with Gasteiger partial charge in [-0.2, -0.15) is 0 Å². The molecule has 0 saturated heterocycles. The van der Waals surface area contributed by atoms with Crippen LogP contribution in [-0.4, -0.2) is 26.9 Å². The van der Waals surface area contributed by atoms with Crippen molar-refractivity contribution >= 4 is 11.6 Å². The summed E-state index contributed by atoms with van der Waals surface area (Å²) in [5, 5.41) is 3.14. The maximum Gasteiger partial charge on any atom is 0.235 e. The zero-order chi connectivity index (χ0) is 23.2. The molecular formula is C27H27NO5. The maximum absolute atomic E-state index is 13.4. The van der Waals surface area contributed by atoms with Crippen LogP contribution in [0.1, 0.15) is 29.5 Å². The van der Waals surface area contributed by atoms with Crippen LogP contribution < -0.4 is 24.3 Å². The molecule has 3 aromatic rings. The van der Waals surface area contributed by atoms with Crippen LogP contribution in [-0.2, 0) is 10.2 Å². The van der Waals surface area contributed by atoms with E-state index >= 15 is 0 Å². The molecule has 1 fully saturated rings. The number of ether oxygens (including phenoxy) is 4. The second-order valence-corrected chi connectivity index (χ2v) is 8.66. The third-order valence-electron chi connectivity index (χ3n) is 6.61. The molecule has 6 nitrogen and oxygen atoms in total. The van der Waals surface area contributed by atoms with Crippen LogP contribution in [0.5, 0.6) is 23.0 Å². The normalized spacial score (nSPS) is 15.2. The van der Waals surface area contributed by atoms with Crippen molar-refractivity contribution in [2.75, 3.05) is 26.3 Å². The summed E-state index contributed by atoms with van der Waals surface area (Å²) in [5.74, 6) is 2.97. The largest absolute Gasteiger partial charge is 0.496 e. The summed E-state index contributed by atoms with van der Waals surface area (Å²) >= 11 is 0. The number of aryl methyl sites for hydroxylation is 2. The van der Waals surface area contributed by atoms with Crippen LogP contribution in [0.3, 0.4) is 0 Å². The first-order chi connectivity index (χ1) is 15.9. The molecule has 1 saturated carbocycles. The van der Waals surface area contributed by atoms with Gasteiger partial charge < -0.3 is 24.3 Å². The Balaban J connectivity index is 1.45. The topological polar surface area (TPSA) is 66.0 Å². The molecule has 1 amide bonds. The van der Waals surface area contributed by atoms with Gasteiger partial charge in [0.15, 0.2) is 11.5 Å².